The van der Waals surface area contributed by atoms with E-state index in [2.05, 4.69) is 5.32 Å². The van der Waals surface area contributed by atoms with Gasteiger partial charge < -0.3 is 16.0 Å². The van der Waals surface area contributed by atoms with Gasteiger partial charge >= 0.3 is 6.03 Å². The molecule has 3 N–H and O–H groups in total. The lowest BCUT2D eigenvalue weighted by atomic mass is 9.82. The van der Waals surface area contributed by atoms with Crippen LogP contribution in [0.15, 0.2) is 96.0 Å². The van der Waals surface area contributed by atoms with Crippen LogP contribution in [0.5, 0.6) is 0 Å². The third-order valence-corrected chi connectivity index (χ3v) is 7.13. The molecule has 5 rings (SSSR count). The lowest BCUT2D eigenvalue weighted by Crippen LogP contribution is -2.49. The maximum atomic E-state index is 14.0. The van der Waals surface area contributed by atoms with Gasteiger partial charge in [0.15, 0.2) is 11.5 Å². The summed E-state index contributed by atoms with van der Waals surface area (Å²) in [5.74, 6) is 0.361. The molecular weight excluding hydrogens is 450 g/mol. The fourth-order valence-electron chi connectivity index (χ4n) is 5.12. The summed E-state index contributed by atoms with van der Waals surface area (Å²) in [6.07, 6.45) is 1.61. The van der Waals surface area contributed by atoms with Gasteiger partial charge in [-0.1, -0.05) is 91.0 Å². The average Bonchev–Trinajstić information content (AvgIpc) is 3.19. The molecule has 0 saturated carbocycles. The number of urea groups is 1. The number of nitrogens with zero attached hydrogens (tertiary/aromatic N) is 3. The zero-order valence-electron chi connectivity index (χ0n) is 20.2. The molecule has 1 fully saturated rings. The number of rotatable bonds is 6. The summed E-state index contributed by atoms with van der Waals surface area (Å²) in [7, 11) is 0. The van der Waals surface area contributed by atoms with Crippen molar-refractivity contribution < 1.29 is 9.59 Å². The largest absolute Gasteiger partial charge is 0.369 e. The maximum absolute atomic E-state index is 14.0. The molecule has 1 saturated heterocycles. The van der Waals surface area contributed by atoms with Gasteiger partial charge in [0.2, 0.25) is 0 Å². The molecule has 7 nitrogen and oxygen atoms in total. The molecule has 36 heavy (non-hydrogen) atoms. The molecule has 2 aliphatic rings. The zero-order valence-corrected chi connectivity index (χ0v) is 20.2. The molecular formula is C29H31N5O2. The smallest absolute Gasteiger partial charge is 0.317 e. The quantitative estimate of drug-likeness (QED) is 0.562. The Labute approximate surface area is 211 Å². The third-order valence-electron chi connectivity index (χ3n) is 7.13. The number of piperidine rings is 1. The molecule has 184 valence electrons. The highest BCUT2D eigenvalue weighted by atomic mass is 16.2. The van der Waals surface area contributed by atoms with E-state index in [-0.39, 0.29) is 23.8 Å². The highest BCUT2D eigenvalue weighted by molar-refractivity contribution is 6.09. The maximum Gasteiger partial charge on any atom is 0.317 e. The van der Waals surface area contributed by atoms with Crippen molar-refractivity contribution in [3.63, 3.8) is 0 Å². The predicted octanol–water partition coefficient (Wildman–Crippen LogP) is 3.71. The molecule has 7 heteroatoms. The van der Waals surface area contributed by atoms with Gasteiger partial charge in [0, 0.05) is 26.2 Å². The number of benzene rings is 3. The number of carbonyl (C=O) groups is 2. The Morgan fingerprint density at radius 1 is 0.889 bits per heavy atom. The van der Waals surface area contributed by atoms with Crippen molar-refractivity contribution >= 4 is 17.9 Å². The first-order valence-electron chi connectivity index (χ1n) is 12.4. The van der Waals surface area contributed by atoms with Crippen molar-refractivity contribution in [3.05, 3.63) is 108 Å². The van der Waals surface area contributed by atoms with E-state index in [1.54, 1.807) is 4.90 Å². The molecule has 0 atom stereocenters. The summed E-state index contributed by atoms with van der Waals surface area (Å²) in [5.41, 5.74) is 7.89. The van der Waals surface area contributed by atoms with E-state index in [1.165, 1.54) is 0 Å². The predicted molar refractivity (Wildman–Crippen MR) is 140 cm³/mol. The highest BCUT2D eigenvalue weighted by Crippen LogP contribution is 2.40. The standard InChI is InChI=1S/C29H31N5O2/c30-27-32-29(24-12-6-2-7-13-24,25-14-8-3-9-15-25)26(35)34(27)21-23-16-18-33(19-17-23)28(36)31-20-22-10-4-1-5-11-22/h1-15,23H,16-21H2,(H2,30,32)(H,31,36). The average molecular weight is 482 g/mol. The Balaban J connectivity index is 1.24. The molecule has 2 aliphatic heterocycles. The van der Waals surface area contributed by atoms with Gasteiger partial charge in [-0.2, -0.15) is 0 Å². The number of hydrogen-bond donors (Lipinski definition) is 2. The molecule has 0 unspecified atom stereocenters. The second-order valence-corrected chi connectivity index (χ2v) is 9.40. The molecule has 0 spiro atoms. The number of nitrogens with two attached hydrogens (primary N) is 1. The number of carbonyl (C=O) groups excluding carboxylic acids is 2. The second-order valence-electron chi connectivity index (χ2n) is 9.40. The summed E-state index contributed by atoms with van der Waals surface area (Å²) in [6.45, 7) is 2.30. The minimum atomic E-state index is -1.18. The van der Waals surface area contributed by atoms with Crippen molar-refractivity contribution in [1.29, 1.82) is 0 Å². The van der Waals surface area contributed by atoms with Gasteiger partial charge in [-0.15, -0.1) is 0 Å². The number of guanidine groups is 1. The van der Waals surface area contributed by atoms with E-state index in [1.807, 2.05) is 95.9 Å². The summed E-state index contributed by atoms with van der Waals surface area (Å²) < 4.78 is 0. The van der Waals surface area contributed by atoms with Crippen molar-refractivity contribution in [3.8, 4) is 0 Å². The molecule has 0 radical (unpaired) electrons. The van der Waals surface area contributed by atoms with E-state index in [0.717, 1.165) is 29.5 Å². The van der Waals surface area contributed by atoms with Gasteiger partial charge in [-0.05, 0) is 35.4 Å². The van der Waals surface area contributed by atoms with Crippen LogP contribution in [0.2, 0.25) is 0 Å². The summed E-state index contributed by atoms with van der Waals surface area (Å²) in [6, 6.07) is 29.1. The Morgan fingerprint density at radius 3 is 1.97 bits per heavy atom. The van der Waals surface area contributed by atoms with Crippen LogP contribution in [-0.4, -0.2) is 47.3 Å². The van der Waals surface area contributed by atoms with Crippen LogP contribution >= 0.6 is 0 Å². The van der Waals surface area contributed by atoms with E-state index in [4.69, 9.17) is 10.7 Å². The van der Waals surface area contributed by atoms with Crippen molar-refractivity contribution in [2.24, 2.45) is 16.6 Å². The summed E-state index contributed by atoms with van der Waals surface area (Å²) >= 11 is 0. The van der Waals surface area contributed by atoms with E-state index in [9.17, 15) is 9.59 Å². The number of amides is 3. The number of likely N-dealkylation sites (tertiary alicyclic amines) is 1. The van der Waals surface area contributed by atoms with Gasteiger partial charge in [0.1, 0.15) is 0 Å². The Bertz CT molecular complexity index is 1180. The molecule has 0 aliphatic carbocycles. The van der Waals surface area contributed by atoms with Crippen molar-refractivity contribution in [2.75, 3.05) is 19.6 Å². The van der Waals surface area contributed by atoms with Crippen LogP contribution in [0.1, 0.15) is 29.5 Å². The van der Waals surface area contributed by atoms with Crippen molar-refractivity contribution in [2.45, 2.75) is 24.9 Å². The first-order valence-corrected chi connectivity index (χ1v) is 12.4. The lowest BCUT2D eigenvalue weighted by Gasteiger charge is -2.34. The molecule has 0 bridgehead atoms. The van der Waals surface area contributed by atoms with Crippen LogP contribution in [0.4, 0.5) is 4.79 Å². The minimum Gasteiger partial charge on any atom is -0.369 e. The zero-order chi connectivity index (χ0) is 25.0. The van der Waals surface area contributed by atoms with Gasteiger partial charge in [-0.25, -0.2) is 9.79 Å². The minimum absolute atomic E-state index is 0.0530. The number of hydrogen-bond acceptors (Lipinski definition) is 4. The number of nitrogens with one attached hydrogen (secondary N) is 1. The van der Waals surface area contributed by atoms with E-state index < -0.39 is 5.54 Å². The second kappa shape index (κ2) is 10.2. The molecule has 2 heterocycles. The Kier molecular flexibility index (Phi) is 6.71. The highest BCUT2D eigenvalue weighted by Gasteiger charge is 2.50. The monoisotopic (exact) mass is 481 g/mol. The fourth-order valence-corrected chi connectivity index (χ4v) is 5.12. The first kappa shape index (κ1) is 23.6. The molecule has 3 aromatic carbocycles. The fraction of sp³-hybridized carbons (Fsp3) is 0.276. The van der Waals surface area contributed by atoms with Crippen LogP contribution < -0.4 is 11.1 Å². The van der Waals surface area contributed by atoms with Gasteiger partial charge in [0.25, 0.3) is 5.91 Å². The Morgan fingerprint density at radius 2 is 1.42 bits per heavy atom. The first-order chi connectivity index (χ1) is 17.6. The van der Waals surface area contributed by atoms with Crippen LogP contribution in [0.3, 0.4) is 0 Å². The molecule has 3 aromatic rings. The topological polar surface area (TPSA) is 91.0 Å². The van der Waals surface area contributed by atoms with E-state index >= 15 is 0 Å². The van der Waals surface area contributed by atoms with Crippen LogP contribution in [0, 0.1) is 5.92 Å². The Hall–Kier alpha value is -4.13. The normalized spacial score (nSPS) is 17.7. The third kappa shape index (κ3) is 4.56. The van der Waals surface area contributed by atoms with E-state index in [0.29, 0.717) is 26.2 Å². The van der Waals surface area contributed by atoms with Gasteiger partial charge in [-0.3, -0.25) is 9.69 Å². The lowest BCUT2D eigenvalue weighted by molar-refractivity contribution is -0.130. The molecule has 3 amide bonds. The van der Waals surface area contributed by atoms with Gasteiger partial charge in [0.05, 0.1) is 0 Å². The summed E-state index contributed by atoms with van der Waals surface area (Å²) in [4.78, 5) is 34.9. The van der Waals surface area contributed by atoms with Crippen LogP contribution in [-0.2, 0) is 16.9 Å². The van der Waals surface area contributed by atoms with Crippen molar-refractivity contribution in [1.82, 2.24) is 15.1 Å². The van der Waals surface area contributed by atoms with Crippen LogP contribution in [0.25, 0.3) is 0 Å². The SMILES string of the molecule is NC1=NC(c2ccccc2)(c2ccccc2)C(=O)N1CC1CCN(C(=O)NCc2ccccc2)CC1. The summed E-state index contributed by atoms with van der Waals surface area (Å²) in [5, 5.41) is 3.00. The number of aliphatic imine (C=N–C) groups is 1. The molecule has 0 aromatic heterocycles.